The maximum absolute atomic E-state index is 13.3. The Labute approximate surface area is 172 Å². The second kappa shape index (κ2) is 8.23. The number of amides is 1. The number of carbonyl (C=O) groups is 1. The van der Waals surface area contributed by atoms with Crippen molar-refractivity contribution in [2.45, 2.75) is 20.3 Å². The zero-order chi connectivity index (χ0) is 19.0. The van der Waals surface area contributed by atoms with Gasteiger partial charge >= 0.3 is 0 Å². The van der Waals surface area contributed by atoms with Crippen LogP contribution in [0.1, 0.15) is 28.5 Å². The fraction of sp³-hybridized carbons (Fsp3) is 0.364. The Morgan fingerprint density at radius 2 is 1.86 bits per heavy atom. The van der Waals surface area contributed by atoms with E-state index in [0.717, 1.165) is 55.2 Å². The van der Waals surface area contributed by atoms with Crippen molar-refractivity contribution >= 4 is 22.6 Å². The van der Waals surface area contributed by atoms with E-state index >= 15 is 0 Å². The van der Waals surface area contributed by atoms with E-state index in [0.29, 0.717) is 0 Å². The number of hydrogen-bond donors (Lipinski definition) is 0. The average molecular weight is 398 g/mol. The number of carbonyl (C=O) groups excluding carboxylic acids is 1. The molecule has 1 saturated heterocycles. The number of halogens is 1. The summed E-state index contributed by atoms with van der Waals surface area (Å²) >= 11 is 0. The van der Waals surface area contributed by atoms with Gasteiger partial charge in [0.1, 0.15) is 11.5 Å². The lowest BCUT2D eigenvalue weighted by molar-refractivity contribution is -0.0000157. The number of piperazine rings is 1. The maximum Gasteiger partial charge on any atom is 0.270 e. The van der Waals surface area contributed by atoms with Gasteiger partial charge in [0.2, 0.25) is 0 Å². The van der Waals surface area contributed by atoms with Gasteiger partial charge in [0, 0.05) is 50.3 Å². The molecule has 4 rings (SSSR count). The van der Waals surface area contributed by atoms with Crippen LogP contribution in [0.4, 0.5) is 5.82 Å². The molecule has 5 nitrogen and oxygen atoms in total. The first-order chi connectivity index (χ1) is 13.1. The summed E-state index contributed by atoms with van der Waals surface area (Å²) in [5.74, 6) is 1.11. The molecule has 0 bridgehead atoms. The van der Waals surface area contributed by atoms with E-state index < -0.39 is 0 Å². The maximum atomic E-state index is 13.3. The molecule has 3 heterocycles. The van der Waals surface area contributed by atoms with Crippen LogP contribution in [0.2, 0.25) is 0 Å². The predicted molar refractivity (Wildman–Crippen MR) is 109 cm³/mol. The van der Waals surface area contributed by atoms with Crippen molar-refractivity contribution in [2.24, 2.45) is 7.05 Å². The monoisotopic (exact) mass is 397 g/mol. The smallest absolute Gasteiger partial charge is 0.270 e. The highest BCUT2D eigenvalue weighted by Crippen LogP contribution is 2.27. The van der Waals surface area contributed by atoms with Crippen molar-refractivity contribution in [3.63, 3.8) is 0 Å². The van der Waals surface area contributed by atoms with Crippen LogP contribution in [-0.4, -0.2) is 46.5 Å². The molecule has 0 aliphatic carbocycles. The van der Waals surface area contributed by atoms with Crippen molar-refractivity contribution < 1.29 is 17.2 Å². The van der Waals surface area contributed by atoms with Crippen molar-refractivity contribution in [1.29, 1.82) is 0 Å². The third-order valence-electron chi connectivity index (χ3n) is 5.67. The number of hydrogen-bond acceptors (Lipinski definition) is 3. The molecule has 0 saturated carbocycles. The van der Waals surface area contributed by atoms with Gasteiger partial charge in [-0.2, -0.15) is 0 Å². The third kappa shape index (κ3) is 3.47. The lowest BCUT2D eigenvalue weighted by atomic mass is 10.1. The first kappa shape index (κ1) is 20.2. The molecular formula is C22H26ClN4O-. The lowest BCUT2D eigenvalue weighted by Gasteiger charge is -2.35. The molecule has 1 amide bonds. The Balaban J connectivity index is 0.00000225. The molecule has 3 aromatic rings. The van der Waals surface area contributed by atoms with E-state index in [9.17, 15) is 4.79 Å². The normalized spacial score (nSPS) is 14.2. The minimum absolute atomic E-state index is 0. The van der Waals surface area contributed by atoms with Gasteiger partial charge in [-0.15, -0.1) is 0 Å². The van der Waals surface area contributed by atoms with Crippen LogP contribution in [0.25, 0.3) is 10.9 Å². The highest BCUT2D eigenvalue weighted by atomic mass is 35.5. The number of nitrogens with zero attached hydrogens (tertiary/aromatic N) is 4. The molecule has 148 valence electrons. The molecule has 2 aromatic heterocycles. The van der Waals surface area contributed by atoms with Gasteiger partial charge in [0.05, 0.1) is 0 Å². The van der Waals surface area contributed by atoms with Crippen LogP contribution in [-0.2, 0) is 13.5 Å². The van der Waals surface area contributed by atoms with Gasteiger partial charge in [-0.3, -0.25) is 4.79 Å². The van der Waals surface area contributed by atoms with Crippen molar-refractivity contribution in [3.05, 3.63) is 59.4 Å². The second-order valence-electron chi connectivity index (χ2n) is 7.20. The third-order valence-corrected chi connectivity index (χ3v) is 5.67. The summed E-state index contributed by atoms with van der Waals surface area (Å²) in [7, 11) is 2.00. The van der Waals surface area contributed by atoms with Gasteiger partial charge in [0.15, 0.2) is 0 Å². The number of fused-ring (bicyclic) bond motifs is 1. The largest absolute Gasteiger partial charge is 1.00 e. The SMILES string of the molecule is CCc1ccc2c(c1)c(C)c(C(=O)N1CCN(c3ccccn3)CC1)n2C.[Cl-]. The molecule has 6 heteroatoms. The van der Waals surface area contributed by atoms with Gasteiger partial charge in [-0.25, -0.2) is 4.98 Å². The molecule has 1 aliphatic heterocycles. The number of pyridine rings is 1. The van der Waals surface area contributed by atoms with Crippen molar-refractivity contribution in [1.82, 2.24) is 14.5 Å². The second-order valence-corrected chi connectivity index (χ2v) is 7.20. The Kier molecular flexibility index (Phi) is 5.94. The van der Waals surface area contributed by atoms with Crippen molar-refractivity contribution in [3.8, 4) is 0 Å². The van der Waals surface area contributed by atoms with Gasteiger partial charge in [0.25, 0.3) is 5.91 Å². The minimum atomic E-state index is 0. The Hall–Kier alpha value is -2.53. The summed E-state index contributed by atoms with van der Waals surface area (Å²) in [5.41, 5.74) is 4.32. The summed E-state index contributed by atoms with van der Waals surface area (Å²) in [4.78, 5) is 21.9. The molecule has 28 heavy (non-hydrogen) atoms. The zero-order valence-corrected chi connectivity index (χ0v) is 17.4. The van der Waals surface area contributed by atoms with Crippen LogP contribution in [0, 0.1) is 6.92 Å². The van der Waals surface area contributed by atoms with E-state index in [4.69, 9.17) is 0 Å². The lowest BCUT2D eigenvalue weighted by Crippen LogP contribution is -3.00. The predicted octanol–water partition coefficient (Wildman–Crippen LogP) is 0.411. The Morgan fingerprint density at radius 3 is 2.50 bits per heavy atom. The molecular weight excluding hydrogens is 372 g/mol. The fourth-order valence-corrected chi connectivity index (χ4v) is 4.03. The quantitative estimate of drug-likeness (QED) is 0.643. The van der Waals surface area contributed by atoms with E-state index in [1.165, 1.54) is 10.9 Å². The highest BCUT2D eigenvalue weighted by Gasteiger charge is 2.27. The first-order valence-corrected chi connectivity index (χ1v) is 9.63. The number of aromatic nitrogens is 2. The summed E-state index contributed by atoms with van der Waals surface area (Å²) in [6.07, 6.45) is 2.82. The summed E-state index contributed by atoms with van der Waals surface area (Å²) < 4.78 is 2.05. The molecule has 0 unspecified atom stereocenters. The molecule has 1 aliphatic rings. The van der Waals surface area contributed by atoms with Crippen molar-refractivity contribution in [2.75, 3.05) is 31.1 Å². The van der Waals surface area contributed by atoms with E-state index in [2.05, 4.69) is 46.5 Å². The number of benzene rings is 1. The molecule has 0 atom stereocenters. The Bertz CT molecular complexity index is 975. The number of anilines is 1. The van der Waals surface area contributed by atoms with Crippen LogP contribution >= 0.6 is 0 Å². The summed E-state index contributed by atoms with van der Waals surface area (Å²) in [6, 6.07) is 12.5. The molecule has 1 fully saturated rings. The number of rotatable bonds is 3. The molecule has 0 radical (unpaired) electrons. The fourth-order valence-electron chi connectivity index (χ4n) is 4.03. The molecule has 0 N–H and O–H groups in total. The molecule has 1 aromatic carbocycles. The van der Waals surface area contributed by atoms with Gasteiger partial charge in [-0.05, 0) is 48.7 Å². The summed E-state index contributed by atoms with van der Waals surface area (Å²) in [6.45, 7) is 7.29. The molecule has 0 spiro atoms. The summed E-state index contributed by atoms with van der Waals surface area (Å²) in [5, 5.41) is 1.19. The number of aryl methyl sites for hydroxylation is 3. The minimum Gasteiger partial charge on any atom is -1.00 e. The van der Waals surface area contributed by atoms with Crippen LogP contribution in [0.3, 0.4) is 0 Å². The first-order valence-electron chi connectivity index (χ1n) is 9.63. The standard InChI is InChI=1S/C22H26N4O.ClH/c1-4-17-8-9-19-18(15-17)16(2)21(24(19)3)22(27)26-13-11-25(12-14-26)20-7-5-6-10-23-20;/h5-10,15H,4,11-14H2,1-3H3;1H/p-1. The van der Waals surface area contributed by atoms with Gasteiger partial charge in [-0.1, -0.05) is 19.1 Å². The zero-order valence-electron chi connectivity index (χ0n) is 16.7. The average Bonchev–Trinajstić information content (AvgIpc) is 2.98. The van der Waals surface area contributed by atoms with E-state index in [1.54, 1.807) is 0 Å². The van der Waals surface area contributed by atoms with Crippen LogP contribution in [0.5, 0.6) is 0 Å². The van der Waals surface area contributed by atoms with Crippen LogP contribution < -0.4 is 17.3 Å². The topological polar surface area (TPSA) is 41.4 Å². The van der Waals surface area contributed by atoms with Gasteiger partial charge < -0.3 is 26.8 Å². The highest BCUT2D eigenvalue weighted by molar-refractivity contribution is 6.01. The Morgan fingerprint density at radius 1 is 1.11 bits per heavy atom. The van der Waals surface area contributed by atoms with E-state index in [1.807, 2.05) is 36.3 Å². The van der Waals surface area contributed by atoms with Crippen LogP contribution in [0.15, 0.2) is 42.6 Å². The van der Waals surface area contributed by atoms with E-state index in [-0.39, 0.29) is 18.3 Å².